The Kier molecular flexibility index (Phi) is 8.01. The van der Waals surface area contributed by atoms with E-state index in [1.54, 1.807) is 0 Å². The Balaban J connectivity index is 1.39. The van der Waals surface area contributed by atoms with Crippen LogP contribution >= 0.6 is 0 Å². The predicted octanol–water partition coefficient (Wildman–Crippen LogP) is 7.74. The number of nitrogens with zero attached hydrogens (tertiary/aromatic N) is 1. The molecule has 0 saturated carbocycles. The van der Waals surface area contributed by atoms with Crippen molar-refractivity contribution in [2.24, 2.45) is 17.8 Å². The van der Waals surface area contributed by atoms with Gasteiger partial charge in [0.15, 0.2) is 0 Å². The van der Waals surface area contributed by atoms with E-state index in [-0.39, 0.29) is 29.6 Å². The number of amides is 1. The molecule has 4 nitrogen and oxygen atoms in total. The molecule has 2 aromatic carbocycles. The standard InChI is InChI=1S/C33H40FN3O/c1-4-9-24(10-5-2)33(38)36-30(23-11-7-6-8-12-23)19-25-13-14-26-20-31-29(22(3)32(25)26)21-35-37(31)28-17-15-27(34)16-18-28/h6-8,11-12,15-18,20-22,24-25,30,35H,4-5,9-10,13-14,19H2,1-3H3,(H,36,38)/t22-,25+,30?/m0/s1. The zero-order chi connectivity index (χ0) is 26.6. The number of anilines is 1. The lowest BCUT2D eigenvalue weighted by Gasteiger charge is -2.32. The van der Waals surface area contributed by atoms with Crippen LogP contribution in [0, 0.1) is 23.6 Å². The number of hydrazine groups is 1. The van der Waals surface area contributed by atoms with Crippen LogP contribution < -0.4 is 15.8 Å². The van der Waals surface area contributed by atoms with Gasteiger partial charge in [0.2, 0.25) is 5.91 Å². The molecule has 1 unspecified atom stereocenters. The molecule has 0 fully saturated rings. The summed E-state index contributed by atoms with van der Waals surface area (Å²) in [5.41, 5.74) is 10.9. The Hall–Kier alpha value is -3.34. The van der Waals surface area contributed by atoms with E-state index in [4.69, 9.17) is 0 Å². The van der Waals surface area contributed by atoms with Crippen LogP contribution in [0.2, 0.25) is 0 Å². The fraction of sp³-hybridized carbons (Fsp3) is 0.424. The van der Waals surface area contributed by atoms with Crippen molar-refractivity contribution in [1.29, 1.82) is 0 Å². The Bertz CT molecular complexity index is 1220. The maximum absolute atomic E-state index is 13.5. The van der Waals surface area contributed by atoms with Crippen molar-refractivity contribution >= 4 is 11.6 Å². The van der Waals surface area contributed by atoms with Gasteiger partial charge in [0, 0.05) is 23.6 Å². The maximum Gasteiger partial charge on any atom is 0.223 e. The minimum absolute atomic E-state index is 0.000681. The minimum atomic E-state index is -0.230. The van der Waals surface area contributed by atoms with Gasteiger partial charge in [0.05, 0.1) is 17.4 Å². The SMILES string of the molecule is CCCC(CCC)C(=O)NC(C[C@H]1CCC2=C1[C@@H](C)C1=CNN(c3ccc(F)cc3)C1=C2)c1ccccc1. The largest absolute Gasteiger partial charge is 0.349 e. The highest BCUT2D eigenvalue weighted by molar-refractivity contribution is 5.79. The summed E-state index contributed by atoms with van der Waals surface area (Å²) in [6.45, 7) is 6.62. The molecule has 0 aromatic heterocycles. The van der Waals surface area contributed by atoms with Gasteiger partial charge in [-0.1, -0.05) is 69.5 Å². The molecule has 3 aliphatic rings. The van der Waals surface area contributed by atoms with Gasteiger partial charge in [-0.25, -0.2) is 4.39 Å². The zero-order valence-electron chi connectivity index (χ0n) is 22.8. The highest BCUT2D eigenvalue weighted by Gasteiger charge is 2.39. The molecule has 0 bridgehead atoms. The first-order valence-electron chi connectivity index (χ1n) is 14.3. The number of allylic oxidation sites excluding steroid dienone is 4. The van der Waals surface area contributed by atoms with E-state index in [1.807, 2.05) is 18.2 Å². The molecule has 38 heavy (non-hydrogen) atoms. The molecule has 0 radical (unpaired) electrons. The van der Waals surface area contributed by atoms with Gasteiger partial charge in [-0.05, 0) is 79.5 Å². The number of carbonyl (C=O) groups excluding carboxylic acids is 1. The molecule has 5 rings (SSSR count). The molecular formula is C33H40FN3O. The smallest absolute Gasteiger partial charge is 0.223 e. The van der Waals surface area contributed by atoms with E-state index in [1.165, 1.54) is 34.4 Å². The number of rotatable bonds is 10. The third kappa shape index (κ3) is 5.29. The Labute approximate surface area is 226 Å². The molecule has 3 atom stereocenters. The van der Waals surface area contributed by atoms with Crippen molar-refractivity contribution < 1.29 is 9.18 Å². The summed E-state index contributed by atoms with van der Waals surface area (Å²) in [5, 5.41) is 5.53. The third-order valence-corrected chi connectivity index (χ3v) is 8.47. The Morgan fingerprint density at radius 2 is 1.79 bits per heavy atom. The molecule has 1 heterocycles. The van der Waals surface area contributed by atoms with Gasteiger partial charge in [0.1, 0.15) is 5.82 Å². The van der Waals surface area contributed by atoms with Crippen molar-refractivity contribution in [2.75, 3.05) is 5.01 Å². The van der Waals surface area contributed by atoms with E-state index in [9.17, 15) is 9.18 Å². The van der Waals surface area contributed by atoms with Gasteiger partial charge in [-0.3, -0.25) is 9.80 Å². The van der Waals surface area contributed by atoms with Crippen molar-refractivity contribution in [3.63, 3.8) is 0 Å². The average Bonchev–Trinajstić information content (AvgIpc) is 3.54. The fourth-order valence-corrected chi connectivity index (χ4v) is 6.60. The first kappa shape index (κ1) is 26.3. The normalized spacial score (nSPS) is 21.0. The van der Waals surface area contributed by atoms with Crippen LogP contribution in [0.5, 0.6) is 0 Å². The molecule has 2 N–H and O–H groups in total. The minimum Gasteiger partial charge on any atom is -0.349 e. The second-order valence-electron chi connectivity index (χ2n) is 11.0. The van der Waals surface area contributed by atoms with E-state index in [2.05, 4.69) is 73.1 Å². The van der Waals surface area contributed by atoms with Crippen LogP contribution in [0.1, 0.15) is 77.3 Å². The lowest BCUT2D eigenvalue weighted by atomic mass is 9.78. The van der Waals surface area contributed by atoms with Crippen molar-refractivity contribution in [1.82, 2.24) is 10.7 Å². The first-order chi connectivity index (χ1) is 18.5. The number of hydrogen-bond donors (Lipinski definition) is 2. The number of carbonyl (C=O) groups is 1. The Morgan fingerprint density at radius 3 is 2.47 bits per heavy atom. The van der Waals surface area contributed by atoms with E-state index in [0.717, 1.165) is 56.3 Å². The van der Waals surface area contributed by atoms with Crippen LogP contribution in [-0.2, 0) is 4.79 Å². The van der Waals surface area contributed by atoms with Gasteiger partial charge >= 0.3 is 0 Å². The van der Waals surface area contributed by atoms with Crippen LogP contribution in [0.15, 0.2) is 89.3 Å². The monoisotopic (exact) mass is 513 g/mol. The predicted molar refractivity (Wildman–Crippen MR) is 152 cm³/mol. The van der Waals surface area contributed by atoms with Gasteiger partial charge in [0.25, 0.3) is 0 Å². The number of halogens is 1. The van der Waals surface area contributed by atoms with E-state index >= 15 is 0 Å². The van der Waals surface area contributed by atoms with Gasteiger partial charge in [-0.2, -0.15) is 0 Å². The second kappa shape index (κ2) is 11.6. The summed E-state index contributed by atoms with van der Waals surface area (Å²) in [6.07, 6.45) is 11.4. The van der Waals surface area contributed by atoms with Crippen LogP contribution in [0.3, 0.4) is 0 Å². The average molecular weight is 514 g/mol. The summed E-state index contributed by atoms with van der Waals surface area (Å²) < 4.78 is 13.5. The molecule has 200 valence electrons. The molecule has 0 spiro atoms. The molecular weight excluding hydrogens is 473 g/mol. The molecule has 2 aromatic rings. The Morgan fingerprint density at radius 1 is 1.08 bits per heavy atom. The number of hydrogen-bond acceptors (Lipinski definition) is 3. The van der Waals surface area contributed by atoms with E-state index in [0.29, 0.717) is 5.92 Å². The van der Waals surface area contributed by atoms with Crippen molar-refractivity contribution in [2.45, 2.75) is 71.8 Å². The second-order valence-corrected chi connectivity index (χ2v) is 11.0. The highest BCUT2D eigenvalue weighted by Crippen LogP contribution is 2.49. The molecule has 1 aliphatic heterocycles. The summed E-state index contributed by atoms with van der Waals surface area (Å²) in [5.74, 6) is 0.758. The summed E-state index contributed by atoms with van der Waals surface area (Å²) in [6, 6.07) is 17.1. The quantitative estimate of drug-likeness (QED) is 0.342. The molecule has 2 aliphatic carbocycles. The van der Waals surface area contributed by atoms with Crippen LogP contribution in [-0.4, -0.2) is 5.91 Å². The van der Waals surface area contributed by atoms with Gasteiger partial charge < -0.3 is 10.7 Å². The fourth-order valence-electron chi connectivity index (χ4n) is 6.60. The summed E-state index contributed by atoms with van der Waals surface area (Å²) >= 11 is 0. The number of benzene rings is 2. The zero-order valence-corrected chi connectivity index (χ0v) is 22.8. The van der Waals surface area contributed by atoms with Crippen LogP contribution in [0.4, 0.5) is 10.1 Å². The maximum atomic E-state index is 13.5. The van der Waals surface area contributed by atoms with Gasteiger partial charge in [-0.15, -0.1) is 0 Å². The lowest BCUT2D eigenvalue weighted by Crippen LogP contribution is -2.35. The van der Waals surface area contributed by atoms with Crippen LogP contribution in [0.25, 0.3) is 0 Å². The van der Waals surface area contributed by atoms with Crippen molar-refractivity contribution in [3.05, 3.63) is 101 Å². The third-order valence-electron chi connectivity index (χ3n) is 8.47. The molecule has 0 saturated heterocycles. The lowest BCUT2D eigenvalue weighted by molar-refractivity contribution is -0.126. The topological polar surface area (TPSA) is 44.4 Å². The molecule has 5 heteroatoms. The molecule has 1 amide bonds. The highest BCUT2D eigenvalue weighted by atomic mass is 19.1. The number of nitrogens with one attached hydrogen (secondary N) is 2. The van der Waals surface area contributed by atoms with Crippen molar-refractivity contribution in [3.8, 4) is 0 Å². The summed E-state index contributed by atoms with van der Waals surface area (Å²) in [4.78, 5) is 13.4. The van der Waals surface area contributed by atoms with E-state index < -0.39 is 0 Å². The first-order valence-corrected chi connectivity index (χ1v) is 14.3. The summed E-state index contributed by atoms with van der Waals surface area (Å²) in [7, 11) is 0. The number of fused-ring (bicyclic) bond motifs is 1.